The predicted molar refractivity (Wildman–Crippen MR) is 126 cm³/mol. The van der Waals surface area contributed by atoms with Gasteiger partial charge in [-0.2, -0.15) is 0 Å². The fourth-order valence-electron chi connectivity index (χ4n) is 3.13. The Hall–Kier alpha value is -1.97. The lowest BCUT2D eigenvalue weighted by Gasteiger charge is -2.30. The summed E-state index contributed by atoms with van der Waals surface area (Å²) < 4.78 is 5.70. The lowest BCUT2D eigenvalue weighted by molar-refractivity contribution is -0.142. The van der Waals surface area contributed by atoms with Gasteiger partial charge in [-0.1, -0.05) is 54.3 Å². The molecule has 1 aliphatic heterocycles. The molecular formula is C21H25N3O3S3. The first-order valence-corrected chi connectivity index (χ1v) is 12.1. The van der Waals surface area contributed by atoms with Crippen molar-refractivity contribution in [1.82, 2.24) is 9.88 Å². The van der Waals surface area contributed by atoms with Gasteiger partial charge in [0, 0.05) is 18.5 Å². The summed E-state index contributed by atoms with van der Waals surface area (Å²) in [5.74, 6) is -0.507. The molecule has 2 heterocycles. The number of thiocarbonyl (C=S) groups is 1. The third-order valence-electron chi connectivity index (χ3n) is 4.59. The molecule has 0 radical (unpaired) electrons. The monoisotopic (exact) mass is 463 g/mol. The normalized spacial score (nSPS) is 14.8. The third kappa shape index (κ3) is 6.52. The van der Waals surface area contributed by atoms with E-state index in [1.807, 2.05) is 30.3 Å². The maximum absolute atomic E-state index is 13.1. The number of esters is 1. The number of nitrogens with zero attached hydrogens (tertiary/aromatic N) is 2. The lowest BCUT2D eigenvalue weighted by atomic mass is 10.1. The quantitative estimate of drug-likeness (QED) is 0.481. The number of hydrogen-bond donors (Lipinski definition) is 1. The molecule has 1 saturated heterocycles. The molecule has 0 spiro atoms. The van der Waals surface area contributed by atoms with Crippen molar-refractivity contribution in [2.45, 2.75) is 37.9 Å². The number of ether oxygens (including phenoxy) is 1. The molecule has 0 saturated carbocycles. The number of likely N-dealkylation sites (tertiary alicyclic amines) is 1. The van der Waals surface area contributed by atoms with Gasteiger partial charge in [0.1, 0.15) is 9.57 Å². The summed E-state index contributed by atoms with van der Waals surface area (Å²) in [6.07, 6.45) is 3.58. The summed E-state index contributed by atoms with van der Waals surface area (Å²) in [6, 6.07) is 9.63. The van der Waals surface area contributed by atoms with Crippen molar-refractivity contribution in [2.75, 3.05) is 25.0 Å². The molecule has 0 bridgehead atoms. The minimum Gasteiger partial charge on any atom is -0.466 e. The number of aromatic nitrogens is 1. The first-order chi connectivity index (χ1) is 14.6. The van der Waals surface area contributed by atoms with Crippen molar-refractivity contribution < 1.29 is 14.3 Å². The molecule has 1 N–H and O–H groups in total. The molecule has 30 heavy (non-hydrogen) atoms. The Labute approximate surface area is 190 Å². The number of thioether (sulfide) groups is 1. The van der Waals surface area contributed by atoms with E-state index in [2.05, 4.69) is 15.2 Å². The van der Waals surface area contributed by atoms with Gasteiger partial charge in [-0.05, 0) is 31.7 Å². The van der Waals surface area contributed by atoms with Gasteiger partial charge in [0.2, 0.25) is 5.91 Å². The highest BCUT2D eigenvalue weighted by Gasteiger charge is 2.26. The summed E-state index contributed by atoms with van der Waals surface area (Å²) in [6.45, 7) is 3.98. The molecule has 160 valence electrons. The van der Waals surface area contributed by atoms with Gasteiger partial charge in [0.25, 0.3) is 0 Å². The summed E-state index contributed by atoms with van der Waals surface area (Å²) in [7, 11) is 0. The lowest BCUT2D eigenvalue weighted by Crippen LogP contribution is -2.34. The summed E-state index contributed by atoms with van der Waals surface area (Å²) in [4.78, 5) is 31.3. The molecule has 0 aliphatic carbocycles. The van der Waals surface area contributed by atoms with Crippen molar-refractivity contribution in [2.24, 2.45) is 0 Å². The molecule has 1 aliphatic rings. The van der Waals surface area contributed by atoms with Gasteiger partial charge < -0.3 is 15.0 Å². The number of rotatable bonds is 7. The fraction of sp³-hybridized carbons (Fsp3) is 0.429. The van der Waals surface area contributed by atoms with Crippen molar-refractivity contribution in [3.8, 4) is 0 Å². The maximum Gasteiger partial charge on any atom is 0.311 e. The zero-order valence-electron chi connectivity index (χ0n) is 16.8. The van der Waals surface area contributed by atoms with Crippen LogP contribution in [0.1, 0.15) is 42.7 Å². The summed E-state index contributed by atoms with van der Waals surface area (Å²) in [5, 5.41) is 4.64. The van der Waals surface area contributed by atoms with Gasteiger partial charge in [0.05, 0.1) is 18.7 Å². The van der Waals surface area contributed by atoms with E-state index in [4.69, 9.17) is 17.0 Å². The Morgan fingerprint density at radius 2 is 2.00 bits per heavy atom. The van der Waals surface area contributed by atoms with Crippen LogP contribution < -0.4 is 5.32 Å². The predicted octanol–water partition coefficient (Wildman–Crippen LogP) is 4.43. The van der Waals surface area contributed by atoms with E-state index in [1.54, 1.807) is 12.3 Å². The van der Waals surface area contributed by atoms with Crippen molar-refractivity contribution in [3.05, 3.63) is 47.0 Å². The van der Waals surface area contributed by atoms with Crippen LogP contribution in [0.2, 0.25) is 0 Å². The van der Waals surface area contributed by atoms with E-state index in [0.717, 1.165) is 35.8 Å². The minimum absolute atomic E-state index is 0.0934. The Bertz CT molecular complexity index is 867. The Balaban J connectivity index is 1.68. The number of piperidine rings is 1. The molecule has 2 aromatic rings. The Kier molecular flexibility index (Phi) is 8.65. The summed E-state index contributed by atoms with van der Waals surface area (Å²) >= 11 is 8.35. The third-order valence-corrected chi connectivity index (χ3v) is 7.12. The van der Waals surface area contributed by atoms with Gasteiger partial charge in [-0.3, -0.25) is 9.59 Å². The number of anilines is 1. The zero-order valence-corrected chi connectivity index (χ0v) is 19.3. The van der Waals surface area contributed by atoms with Crippen LogP contribution in [-0.4, -0.2) is 45.8 Å². The topological polar surface area (TPSA) is 71.5 Å². The van der Waals surface area contributed by atoms with Crippen LogP contribution in [0.5, 0.6) is 0 Å². The number of benzene rings is 1. The van der Waals surface area contributed by atoms with Gasteiger partial charge in [-0.15, -0.1) is 11.3 Å². The maximum atomic E-state index is 13.1. The average molecular weight is 464 g/mol. The zero-order chi connectivity index (χ0) is 21.3. The van der Waals surface area contributed by atoms with Crippen molar-refractivity contribution in [3.63, 3.8) is 0 Å². The number of thiazole rings is 1. The smallest absolute Gasteiger partial charge is 0.311 e. The Morgan fingerprint density at radius 3 is 2.70 bits per heavy atom. The molecule has 1 unspecified atom stereocenters. The van der Waals surface area contributed by atoms with Crippen LogP contribution in [0.3, 0.4) is 0 Å². The van der Waals surface area contributed by atoms with Crippen molar-refractivity contribution >= 4 is 56.6 Å². The minimum atomic E-state index is -0.474. The number of amides is 1. The summed E-state index contributed by atoms with van der Waals surface area (Å²) in [5.41, 5.74) is 1.48. The molecule has 1 atom stereocenters. The van der Waals surface area contributed by atoms with Crippen LogP contribution in [0.25, 0.3) is 0 Å². The fourth-order valence-corrected chi connectivity index (χ4v) is 5.31. The first-order valence-electron chi connectivity index (χ1n) is 9.98. The molecule has 1 aromatic carbocycles. The number of carbonyl (C=O) groups excluding carboxylic acids is 2. The van der Waals surface area contributed by atoms with E-state index >= 15 is 0 Å². The van der Waals surface area contributed by atoms with E-state index in [0.29, 0.717) is 17.4 Å². The van der Waals surface area contributed by atoms with Gasteiger partial charge >= 0.3 is 5.97 Å². The van der Waals surface area contributed by atoms with E-state index < -0.39 is 5.25 Å². The van der Waals surface area contributed by atoms with Crippen LogP contribution in [-0.2, 0) is 20.7 Å². The number of nitrogens with one attached hydrogen (secondary N) is 1. The largest absolute Gasteiger partial charge is 0.466 e. The molecule has 1 amide bonds. The highest BCUT2D eigenvalue weighted by atomic mass is 32.2. The first kappa shape index (κ1) is 22.7. The van der Waals surface area contributed by atoms with Crippen LogP contribution in [0.15, 0.2) is 35.7 Å². The van der Waals surface area contributed by atoms with Crippen LogP contribution >= 0.6 is 35.3 Å². The average Bonchev–Trinajstić information content (AvgIpc) is 3.19. The Morgan fingerprint density at radius 1 is 1.27 bits per heavy atom. The molecule has 9 heteroatoms. The molecule has 1 fully saturated rings. The van der Waals surface area contributed by atoms with E-state index in [-0.39, 0.29) is 18.3 Å². The second kappa shape index (κ2) is 11.4. The number of carbonyl (C=O) groups is 2. The van der Waals surface area contributed by atoms with Gasteiger partial charge in [0.15, 0.2) is 5.13 Å². The molecule has 3 rings (SSSR count). The van der Waals surface area contributed by atoms with Crippen molar-refractivity contribution in [1.29, 1.82) is 0 Å². The van der Waals surface area contributed by atoms with Gasteiger partial charge in [-0.25, -0.2) is 4.98 Å². The SMILES string of the molecule is CCOC(=O)Cc1csc(NC(=O)C(SC(=S)N2CCCCC2)c2ccccc2)n1. The van der Waals surface area contributed by atoms with E-state index in [1.165, 1.54) is 29.5 Å². The second-order valence-corrected chi connectivity index (χ2v) is 9.43. The number of hydrogen-bond acceptors (Lipinski definition) is 7. The molecule has 6 nitrogen and oxygen atoms in total. The second-order valence-electron chi connectivity index (χ2n) is 6.84. The standard InChI is InChI=1S/C21H25N3O3S3/c1-2-27-17(25)13-16-14-29-20(22-16)23-19(26)18(15-9-5-3-6-10-15)30-21(28)24-11-7-4-8-12-24/h3,5-6,9-10,14,18H,2,4,7-8,11-13H2,1H3,(H,22,23,26). The molecular weight excluding hydrogens is 438 g/mol. The highest BCUT2D eigenvalue weighted by Crippen LogP contribution is 2.33. The van der Waals surface area contributed by atoms with Crippen LogP contribution in [0.4, 0.5) is 5.13 Å². The molecule has 1 aromatic heterocycles. The van der Waals surface area contributed by atoms with E-state index in [9.17, 15) is 9.59 Å². The highest BCUT2D eigenvalue weighted by molar-refractivity contribution is 8.23. The van der Waals surface area contributed by atoms with Crippen LogP contribution in [0, 0.1) is 0 Å².